The Labute approximate surface area is 277 Å². The second-order valence-electron chi connectivity index (χ2n) is 12.4. The third-order valence-electron chi connectivity index (χ3n) is 9.70. The molecular weight excluding hydrogens is 583 g/mol. The molecule has 3 nitrogen and oxygen atoms in total. The monoisotopic (exact) mass is 611 g/mol. The molecule has 7 aromatic carbocycles. The molecule has 0 fully saturated rings. The molecule has 0 radical (unpaired) electrons. The van der Waals surface area contributed by atoms with Crippen molar-refractivity contribution in [2.24, 2.45) is 0 Å². The van der Waals surface area contributed by atoms with Gasteiger partial charge < -0.3 is 4.57 Å². The van der Waals surface area contributed by atoms with E-state index in [1.54, 1.807) is 0 Å². The fraction of sp³-hybridized carbons (Fsp3) is 0. The first-order valence-corrected chi connectivity index (χ1v) is 16.4. The van der Waals surface area contributed by atoms with Crippen molar-refractivity contribution in [1.29, 1.82) is 0 Å². The number of fused-ring (bicyclic) bond motifs is 7. The topological polar surface area (TPSA) is 22.8 Å². The summed E-state index contributed by atoms with van der Waals surface area (Å²) in [6.07, 6.45) is 0. The van der Waals surface area contributed by atoms with Gasteiger partial charge in [-0.2, -0.15) is 0 Å². The molecule has 48 heavy (non-hydrogen) atoms. The van der Waals surface area contributed by atoms with E-state index in [1.165, 1.54) is 54.8 Å². The smallest absolute Gasteiger partial charge is 0.138 e. The van der Waals surface area contributed by atoms with Gasteiger partial charge in [0, 0.05) is 38.2 Å². The van der Waals surface area contributed by atoms with Gasteiger partial charge in [-0.15, -0.1) is 0 Å². The molecule has 224 valence electrons. The molecule has 0 aliphatic rings. The summed E-state index contributed by atoms with van der Waals surface area (Å²) in [5.74, 6) is 0.918. The zero-order valence-electron chi connectivity index (χ0n) is 26.1. The predicted molar refractivity (Wildman–Crippen MR) is 201 cm³/mol. The first kappa shape index (κ1) is 26.7. The van der Waals surface area contributed by atoms with Gasteiger partial charge in [0.05, 0.1) is 27.8 Å². The molecule has 0 amide bonds. The first-order chi connectivity index (χ1) is 23.8. The molecule has 0 saturated heterocycles. The minimum atomic E-state index is 0.918. The Balaban J connectivity index is 1.18. The summed E-state index contributed by atoms with van der Waals surface area (Å²) in [5, 5.41) is 7.26. The highest BCUT2D eigenvalue weighted by Gasteiger charge is 2.18. The summed E-state index contributed by atoms with van der Waals surface area (Å²) in [7, 11) is 0. The number of para-hydroxylation sites is 3. The molecule has 3 heteroatoms. The van der Waals surface area contributed by atoms with Gasteiger partial charge in [0.15, 0.2) is 0 Å². The lowest BCUT2D eigenvalue weighted by atomic mass is 10.0. The first-order valence-electron chi connectivity index (χ1n) is 16.4. The van der Waals surface area contributed by atoms with E-state index in [1.807, 2.05) is 0 Å². The lowest BCUT2D eigenvalue weighted by Gasteiger charge is -2.13. The van der Waals surface area contributed by atoms with Gasteiger partial charge >= 0.3 is 0 Å². The standard InChI is InChI=1S/C45H29N3/c1-3-13-30(14-4-1)45-35-18-8-7-15-33(35)29-44(46-45)48-41-22-12-10-20-37(41)39-28-32(24-26-43(39)48)31-23-25-42-38(27-31)36-19-9-11-21-40(36)47(42)34-16-5-2-6-17-34/h1-29H. The van der Waals surface area contributed by atoms with Gasteiger partial charge in [0.25, 0.3) is 0 Å². The van der Waals surface area contributed by atoms with Crippen LogP contribution in [0, 0.1) is 0 Å². The van der Waals surface area contributed by atoms with Crippen LogP contribution in [0.5, 0.6) is 0 Å². The van der Waals surface area contributed by atoms with E-state index in [4.69, 9.17) is 4.98 Å². The van der Waals surface area contributed by atoms with E-state index in [0.717, 1.165) is 33.5 Å². The van der Waals surface area contributed by atoms with E-state index in [9.17, 15) is 0 Å². The van der Waals surface area contributed by atoms with Crippen LogP contribution in [-0.4, -0.2) is 14.1 Å². The summed E-state index contributed by atoms with van der Waals surface area (Å²) in [6, 6.07) is 63.1. The maximum atomic E-state index is 5.35. The van der Waals surface area contributed by atoms with E-state index < -0.39 is 0 Å². The number of rotatable bonds is 4. The Hall–Kier alpha value is -6.45. The van der Waals surface area contributed by atoms with Crippen LogP contribution in [0.4, 0.5) is 0 Å². The van der Waals surface area contributed by atoms with Gasteiger partial charge in [-0.3, -0.25) is 4.57 Å². The van der Waals surface area contributed by atoms with Crippen molar-refractivity contribution in [3.63, 3.8) is 0 Å². The van der Waals surface area contributed by atoms with Crippen molar-refractivity contribution in [1.82, 2.24) is 14.1 Å². The van der Waals surface area contributed by atoms with Crippen LogP contribution in [0.15, 0.2) is 176 Å². The third-order valence-corrected chi connectivity index (χ3v) is 9.70. The lowest BCUT2D eigenvalue weighted by molar-refractivity contribution is 1.09. The SMILES string of the molecule is c1ccc(-c2nc(-n3c4ccccc4c4cc(-c5ccc6c(c5)c5ccccc5n6-c5ccccc5)ccc43)cc3ccccc23)cc1. The van der Waals surface area contributed by atoms with Gasteiger partial charge in [-0.1, -0.05) is 121 Å². The molecule has 10 rings (SSSR count). The van der Waals surface area contributed by atoms with Crippen molar-refractivity contribution in [2.45, 2.75) is 0 Å². The molecule has 10 aromatic rings. The van der Waals surface area contributed by atoms with Crippen LogP contribution in [0.25, 0.3) is 88.3 Å². The number of hydrogen-bond donors (Lipinski definition) is 0. The van der Waals surface area contributed by atoms with Crippen LogP contribution >= 0.6 is 0 Å². The predicted octanol–water partition coefficient (Wildman–Crippen LogP) is 11.8. The van der Waals surface area contributed by atoms with Crippen molar-refractivity contribution < 1.29 is 0 Å². The van der Waals surface area contributed by atoms with Crippen LogP contribution in [0.1, 0.15) is 0 Å². The van der Waals surface area contributed by atoms with Gasteiger partial charge in [0.1, 0.15) is 5.82 Å². The highest BCUT2D eigenvalue weighted by molar-refractivity contribution is 6.13. The molecule has 0 aliphatic heterocycles. The number of benzene rings is 7. The Kier molecular flexibility index (Phi) is 5.87. The molecule has 0 N–H and O–H groups in total. The Morgan fingerprint density at radius 1 is 0.333 bits per heavy atom. The number of aromatic nitrogens is 3. The second-order valence-corrected chi connectivity index (χ2v) is 12.4. The number of nitrogens with zero attached hydrogens (tertiary/aromatic N) is 3. The maximum absolute atomic E-state index is 5.35. The normalized spacial score (nSPS) is 11.8. The van der Waals surface area contributed by atoms with Crippen LogP contribution in [-0.2, 0) is 0 Å². The summed E-state index contributed by atoms with van der Waals surface area (Å²) in [6.45, 7) is 0. The molecule has 3 aromatic heterocycles. The largest absolute Gasteiger partial charge is 0.309 e. The zero-order valence-corrected chi connectivity index (χ0v) is 26.1. The zero-order chi connectivity index (χ0) is 31.6. The van der Waals surface area contributed by atoms with Crippen molar-refractivity contribution in [3.8, 4) is 33.9 Å². The van der Waals surface area contributed by atoms with Crippen molar-refractivity contribution in [3.05, 3.63) is 176 Å². The quantitative estimate of drug-likeness (QED) is 0.194. The Morgan fingerprint density at radius 2 is 0.833 bits per heavy atom. The summed E-state index contributed by atoms with van der Waals surface area (Å²) < 4.78 is 4.69. The van der Waals surface area contributed by atoms with Gasteiger partial charge in [0.2, 0.25) is 0 Å². The lowest BCUT2D eigenvalue weighted by Crippen LogP contribution is -1.99. The molecule has 0 aliphatic carbocycles. The molecule has 0 saturated carbocycles. The van der Waals surface area contributed by atoms with E-state index in [-0.39, 0.29) is 0 Å². The van der Waals surface area contributed by atoms with Crippen LogP contribution in [0.3, 0.4) is 0 Å². The van der Waals surface area contributed by atoms with Crippen molar-refractivity contribution >= 4 is 54.4 Å². The Bertz CT molecular complexity index is 2820. The van der Waals surface area contributed by atoms with Crippen LogP contribution < -0.4 is 0 Å². The highest BCUT2D eigenvalue weighted by atomic mass is 15.1. The summed E-state index contributed by atoms with van der Waals surface area (Å²) >= 11 is 0. The molecule has 3 heterocycles. The third kappa shape index (κ3) is 4.04. The maximum Gasteiger partial charge on any atom is 0.138 e. The molecule has 0 bridgehead atoms. The van der Waals surface area contributed by atoms with Gasteiger partial charge in [-0.25, -0.2) is 4.98 Å². The fourth-order valence-electron chi connectivity index (χ4n) is 7.52. The number of pyridine rings is 1. The average molecular weight is 612 g/mol. The molecule has 0 unspecified atom stereocenters. The minimum Gasteiger partial charge on any atom is -0.309 e. The highest BCUT2D eigenvalue weighted by Crippen LogP contribution is 2.39. The molecule has 0 spiro atoms. The molecular formula is C45H29N3. The minimum absolute atomic E-state index is 0.918. The summed E-state index contributed by atoms with van der Waals surface area (Å²) in [5.41, 5.74) is 10.4. The van der Waals surface area contributed by atoms with Gasteiger partial charge in [-0.05, 0) is 71.1 Å². The summed E-state index contributed by atoms with van der Waals surface area (Å²) in [4.78, 5) is 5.35. The second kappa shape index (κ2) is 10.5. The van der Waals surface area contributed by atoms with E-state index in [0.29, 0.717) is 0 Å². The Morgan fingerprint density at radius 3 is 1.50 bits per heavy atom. The average Bonchev–Trinajstić information content (AvgIpc) is 3.67. The van der Waals surface area contributed by atoms with E-state index in [2.05, 4.69) is 185 Å². The number of hydrogen-bond acceptors (Lipinski definition) is 1. The molecule has 0 atom stereocenters. The van der Waals surface area contributed by atoms with Crippen molar-refractivity contribution in [2.75, 3.05) is 0 Å². The fourth-order valence-corrected chi connectivity index (χ4v) is 7.52. The van der Waals surface area contributed by atoms with Crippen LogP contribution in [0.2, 0.25) is 0 Å². The van der Waals surface area contributed by atoms with E-state index >= 15 is 0 Å².